The summed E-state index contributed by atoms with van der Waals surface area (Å²) in [7, 11) is 0. The van der Waals surface area contributed by atoms with Gasteiger partial charge in [-0.05, 0) is 75.6 Å². The Bertz CT molecular complexity index is 1080. The quantitative estimate of drug-likeness (QED) is 0.781. The molecule has 0 spiro atoms. The molecule has 1 aliphatic carbocycles. The van der Waals surface area contributed by atoms with Gasteiger partial charge in [0.1, 0.15) is 5.56 Å². The molecule has 4 heterocycles. The number of pyridine rings is 2. The molecule has 30 heavy (non-hydrogen) atoms. The first-order valence-electron chi connectivity index (χ1n) is 11.1. The summed E-state index contributed by atoms with van der Waals surface area (Å²) in [4.78, 5) is 27.6. The van der Waals surface area contributed by atoms with Gasteiger partial charge in [0.15, 0.2) is 5.82 Å². The standard InChI is InChI=1S/C23H28FN3O3/c1-3-30-23(29)16-11-15(14-6-7-14)20-13(2)21(17(24)12-27(20)22(16)28)26-10-8-18-19(26)5-4-9-25-18/h11-12,14,18-19,25H,3-10H2,1-2H3/t18-,19-/m0/s1. The number of nitrogens with zero attached hydrogens (tertiary/aromatic N) is 2. The minimum Gasteiger partial charge on any atom is -0.462 e. The minimum absolute atomic E-state index is 0.0134. The first-order valence-corrected chi connectivity index (χ1v) is 11.1. The molecule has 6 nitrogen and oxygen atoms in total. The summed E-state index contributed by atoms with van der Waals surface area (Å²) >= 11 is 0. The van der Waals surface area contributed by atoms with Gasteiger partial charge >= 0.3 is 5.97 Å². The number of carbonyl (C=O) groups excluding carboxylic acids is 1. The van der Waals surface area contributed by atoms with Crippen molar-refractivity contribution in [2.45, 2.75) is 64.0 Å². The molecule has 0 amide bonds. The number of esters is 1. The average molecular weight is 413 g/mol. The van der Waals surface area contributed by atoms with Gasteiger partial charge in [-0.1, -0.05) is 0 Å². The van der Waals surface area contributed by atoms with E-state index in [0.29, 0.717) is 17.6 Å². The van der Waals surface area contributed by atoms with Gasteiger partial charge in [0.2, 0.25) is 0 Å². The van der Waals surface area contributed by atoms with E-state index < -0.39 is 17.3 Å². The molecular formula is C23H28FN3O3. The van der Waals surface area contributed by atoms with Crippen LogP contribution in [0.15, 0.2) is 17.1 Å². The molecule has 0 unspecified atom stereocenters. The number of piperidine rings is 1. The molecule has 2 aliphatic heterocycles. The summed E-state index contributed by atoms with van der Waals surface area (Å²) in [5, 5.41) is 3.57. The third-order valence-corrected chi connectivity index (χ3v) is 6.87. The van der Waals surface area contributed by atoms with Gasteiger partial charge in [-0.15, -0.1) is 0 Å². The van der Waals surface area contributed by atoms with Crippen LogP contribution < -0.4 is 15.8 Å². The topological polar surface area (TPSA) is 63.1 Å². The minimum atomic E-state index is -0.642. The van der Waals surface area contributed by atoms with Crippen LogP contribution in [0.1, 0.15) is 66.4 Å². The lowest BCUT2D eigenvalue weighted by Gasteiger charge is -2.35. The van der Waals surface area contributed by atoms with Crippen molar-refractivity contribution >= 4 is 17.2 Å². The first kappa shape index (κ1) is 19.5. The summed E-state index contributed by atoms with van der Waals surface area (Å²) in [6.45, 7) is 5.63. The first-order chi connectivity index (χ1) is 14.5. The zero-order valence-corrected chi connectivity index (χ0v) is 17.5. The van der Waals surface area contributed by atoms with Gasteiger partial charge < -0.3 is 15.0 Å². The number of anilines is 1. The lowest BCUT2D eigenvalue weighted by Crippen LogP contribution is -2.47. The molecule has 2 aromatic heterocycles. The second-order valence-corrected chi connectivity index (χ2v) is 8.73. The number of aromatic nitrogens is 1. The Morgan fingerprint density at radius 1 is 1.30 bits per heavy atom. The molecule has 3 fully saturated rings. The van der Waals surface area contributed by atoms with E-state index >= 15 is 4.39 Å². The van der Waals surface area contributed by atoms with Crippen molar-refractivity contribution in [2.24, 2.45) is 0 Å². The molecule has 2 atom stereocenters. The average Bonchev–Trinajstić information content (AvgIpc) is 3.49. The van der Waals surface area contributed by atoms with Crippen LogP contribution >= 0.6 is 0 Å². The van der Waals surface area contributed by atoms with Gasteiger partial charge in [0.25, 0.3) is 5.56 Å². The van der Waals surface area contributed by atoms with E-state index in [-0.39, 0.29) is 18.2 Å². The van der Waals surface area contributed by atoms with Crippen molar-refractivity contribution in [3.63, 3.8) is 0 Å². The number of nitrogens with one attached hydrogen (secondary N) is 1. The number of fused-ring (bicyclic) bond motifs is 2. The van der Waals surface area contributed by atoms with Crippen molar-refractivity contribution < 1.29 is 13.9 Å². The normalized spacial score (nSPS) is 23.6. The van der Waals surface area contributed by atoms with Crippen LogP contribution in [-0.2, 0) is 4.74 Å². The smallest absolute Gasteiger partial charge is 0.343 e. The fourth-order valence-electron chi connectivity index (χ4n) is 5.38. The SMILES string of the molecule is CCOC(=O)c1cc(C2CC2)c2c(C)c(N3CC[C@@H]4NCCC[C@@H]43)c(F)cn2c1=O. The highest BCUT2D eigenvalue weighted by molar-refractivity contribution is 5.90. The predicted octanol–water partition coefficient (Wildman–Crippen LogP) is 3.13. The van der Waals surface area contributed by atoms with Gasteiger partial charge in [0, 0.05) is 18.6 Å². The lowest BCUT2D eigenvalue weighted by atomic mass is 9.98. The Balaban J connectivity index is 1.70. The molecule has 5 rings (SSSR count). The van der Waals surface area contributed by atoms with E-state index in [1.165, 1.54) is 10.6 Å². The molecule has 2 saturated heterocycles. The fourth-order valence-corrected chi connectivity index (χ4v) is 5.38. The van der Waals surface area contributed by atoms with Crippen molar-refractivity contribution in [1.29, 1.82) is 0 Å². The summed E-state index contributed by atoms with van der Waals surface area (Å²) in [5.41, 5.74) is 2.57. The van der Waals surface area contributed by atoms with Crippen molar-refractivity contribution in [1.82, 2.24) is 9.72 Å². The van der Waals surface area contributed by atoms with E-state index in [9.17, 15) is 9.59 Å². The maximum Gasteiger partial charge on any atom is 0.343 e. The second kappa shape index (κ2) is 7.38. The van der Waals surface area contributed by atoms with E-state index in [1.54, 1.807) is 13.0 Å². The fraction of sp³-hybridized carbons (Fsp3) is 0.565. The van der Waals surface area contributed by atoms with Crippen molar-refractivity contribution in [3.05, 3.63) is 45.1 Å². The molecule has 3 aliphatic rings. The Kier molecular flexibility index (Phi) is 4.81. The zero-order chi connectivity index (χ0) is 21.0. The highest BCUT2D eigenvalue weighted by Gasteiger charge is 2.38. The van der Waals surface area contributed by atoms with E-state index in [4.69, 9.17) is 4.74 Å². The summed E-state index contributed by atoms with van der Waals surface area (Å²) in [6.07, 6.45) is 6.44. The maximum absolute atomic E-state index is 15.5. The Hall–Kier alpha value is -2.41. The molecule has 0 aromatic carbocycles. The number of hydrogen-bond acceptors (Lipinski definition) is 5. The largest absolute Gasteiger partial charge is 0.462 e. The monoisotopic (exact) mass is 413 g/mol. The second-order valence-electron chi connectivity index (χ2n) is 8.73. The Labute approximate surface area is 175 Å². The van der Waals surface area contributed by atoms with Crippen LogP contribution in [0.2, 0.25) is 0 Å². The third-order valence-electron chi connectivity index (χ3n) is 6.87. The Morgan fingerprint density at radius 2 is 2.10 bits per heavy atom. The summed E-state index contributed by atoms with van der Waals surface area (Å²) in [6, 6.07) is 2.37. The number of halogens is 1. The molecule has 2 aromatic rings. The van der Waals surface area contributed by atoms with Crippen molar-refractivity contribution in [3.8, 4) is 0 Å². The third kappa shape index (κ3) is 3.02. The molecule has 1 saturated carbocycles. The number of hydrogen-bond donors (Lipinski definition) is 1. The highest BCUT2D eigenvalue weighted by atomic mass is 19.1. The van der Waals surface area contributed by atoms with Crippen molar-refractivity contribution in [2.75, 3.05) is 24.6 Å². The van der Waals surface area contributed by atoms with Crippen LogP contribution in [0, 0.1) is 12.7 Å². The number of aryl methyl sites for hydroxylation is 1. The van der Waals surface area contributed by atoms with Gasteiger partial charge in [-0.3, -0.25) is 9.20 Å². The predicted molar refractivity (Wildman–Crippen MR) is 113 cm³/mol. The lowest BCUT2D eigenvalue weighted by molar-refractivity contribution is 0.0524. The van der Waals surface area contributed by atoms with E-state index in [1.807, 2.05) is 6.92 Å². The van der Waals surface area contributed by atoms with Crippen LogP contribution in [0.5, 0.6) is 0 Å². The summed E-state index contributed by atoms with van der Waals surface area (Å²) in [5.74, 6) is -0.749. The van der Waals surface area contributed by atoms with Gasteiger partial charge in [-0.2, -0.15) is 0 Å². The summed E-state index contributed by atoms with van der Waals surface area (Å²) < 4.78 is 21.9. The molecular weight excluding hydrogens is 385 g/mol. The number of rotatable bonds is 4. The van der Waals surface area contributed by atoms with Crippen LogP contribution in [0.4, 0.5) is 10.1 Å². The molecule has 1 N–H and O–H groups in total. The molecule has 7 heteroatoms. The highest BCUT2D eigenvalue weighted by Crippen LogP contribution is 2.44. The van der Waals surface area contributed by atoms with Gasteiger partial charge in [-0.25, -0.2) is 9.18 Å². The Morgan fingerprint density at radius 3 is 2.83 bits per heavy atom. The zero-order valence-electron chi connectivity index (χ0n) is 17.5. The maximum atomic E-state index is 15.5. The van der Waals surface area contributed by atoms with Crippen LogP contribution in [0.25, 0.3) is 5.52 Å². The molecule has 160 valence electrons. The number of ether oxygens (including phenoxy) is 1. The van der Waals surface area contributed by atoms with Crippen LogP contribution in [-0.4, -0.2) is 42.2 Å². The van der Waals surface area contributed by atoms with E-state index in [0.717, 1.165) is 61.8 Å². The molecule has 0 radical (unpaired) electrons. The van der Waals surface area contributed by atoms with Gasteiger partial charge in [0.05, 0.1) is 24.0 Å². The van der Waals surface area contributed by atoms with Crippen LogP contribution in [0.3, 0.4) is 0 Å². The van der Waals surface area contributed by atoms with E-state index in [2.05, 4.69) is 10.2 Å². The number of carbonyl (C=O) groups is 1. The molecule has 0 bridgehead atoms.